The lowest BCUT2D eigenvalue weighted by molar-refractivity contribution is 0.159. The van der Waals surface area contributed by atoms with E-state index in [9.17, 15) is 4.39 Å². The van der Waals surface area contributed by atoms with E-state index in [0.717, 1.165) is 42.6 Å². The second kappa shape index (κ2) is 7.53. The lowest BCUT2D eigenvalue weighted by Gasteiger charge is -2.35. The molecule has 0 aliphatic carbocycles. The Labute approximate surface area is 129 Å². The van der Waals surface area contributed by atoms with E-state index in [0.29, 0.717) is 12.0 Å². The summed E-state index contributed by atoms with van der Waals surface area (Å²) in [6, 6.07) is 5.61. The van der Waals surface area contributed by atoms with Crippen LogP contribution < -0.4 is 5.32 Å². The standard InChI is InChI=1S/C16H24BrFN2/c1-12(2)3-4-16(20-7-5-19-6-8-20)13-9-14(17)11-15(18)10-13/h9-12,16,19H,3-8H2,1-2H3/t16-/m1/s1. The van der Waals surface area contributed by atoms with E-state index in [1.807, 2.05) is 0 Å². The topological polar surface area (TPSA) is 15.3 Å². The van der Waals surface area contributed by atoms with Crippen molar-refractivity contribution in [1.82, 2.24) is 10.2 Å². The maximum atomic E-state index is 13.7. The summed E-state index contributed by atoms with van der Waals surface area (Å²) in [7, 11) is 0. The van der Waals surface area contributed by atoms with E-state index in [-0.39, 0.29) is 5.82 Å². The third-order valence-electron chi connectivity index (χ3n) is 3.88. The summed E-state index contributed by atoms with van der Waals surface area (Å²) in [5, 5.41) is 3.38. The van der Waals surface area contributed by atoms with Gasteiger partial charge >= 0.3 is 0 Å². The minimum Gasteiger partial charge on any atom is -0.314 e. The third kappa shape index (κ3) is 4.54. The molecule has 112 valence electrons. The first kappa shape index (κ1) is 15.9. The molecule has 0 aromatic heterocycles. The summed E-state index contributed by atoms with van der Waals surface area (Å²) >= 11 is 3.41. The molecule has 2 nitrogen and oxygen atoms in total. The minimum absolute atomic E-state index is 0.154. The van der Waals surface area contributed by atoms with E-state index in [1.165, 1.54) is 12.5 Å². The minimum atomic E-state index is -0.154. The number of benzene rings is 1. The van der Waals surface area contributed by atoms with Crippen LogP contribution in [0.3, 0.4) is 0 Å². The highest BCUT2D eigenvalue weighted by atomic mass is 79.9. The van der Waals surface area contributed by atoms with Crippen molar-refractivity contribution in [2.24, 2.45) is 5.92 Å². The number of rotatable bonds is 5. The molecule has 1 aromatic carbocycles. The van der Waals surface area contributed by atoms with Gasteiger partial charge < -0.3 is 5.32 Å². The van der Waals surface area contributed by atoms with Gasteiger partial charge in [-0.3, -0.25) is 4.90 Å². The fourth-order valence-corrected chi connectivity index (χ4v) is 3.30. The van der Waals surface area contributed by atoms with Crippen LogP contribution >= 0.6 is 15.9 Å². The quantitative estimate of drug-likeness (QED) is 0.870. The first-order valence-electron chi connectivity index (χ1n) is 7.47. The number of hydrogen-bond donors (Lipinski definition) is 1. The lowest BCUT2D eigenvalue weighted by atomic mass is 9.95. The third-order valence-corrected chi connectivity index (χ3v) is 4.34. The zero-order valence-corrected chi connectivity index (χ0v) is 13.9. The molecule has 2 rings (SSSR count). The molecule has 1 fully saturated rings. The van der Waals surface area contributed by atoms with Crippen LogP contribution in [0.15, 0.2) is 22.7 Å². The Balaban J connectivity index is 2.19. The van der Waals surface area contributed by atoms with Crippen molar-refractivity contribution in [3.63, 3.8) is 0 Å². The summed E-state index contributed by atoms with van der Waals surface area (Å²) in [5.74, 6) is 0.525. The van der Waals surface area contributed by atoms with Crippen LogP contribution in [-0.2, 0) is 0 Å². The van der Waals surface area contributed by atoms with Crippen molar-refractivity contribution >= 4 is 15.9 Å². The van der Waals surface area contributed by atoms with Crippen LogP contribution in [0.2, 0.25) is 0 Å². The molecule has 0 bridgehead atoms. The van der Waals surface area contributed by atoms with Gasteiger partial charge in [0.1, 0.15) is 5.82 Å². The summed E-state index contributed by atoms with van der Waals surface area (Å²) in [5.41, 5.74) is 1.10. The molecular weight excluding hydrogens is 319 g/mol. The van der Waals surface area contributed by atoms with E-state index < -0.39 is 0 Å². The smallest absolute Gasteiger partial charge is 0.124 e. The highest BCUT2D eigenvalue weighted by Gasteiger charge is 2.23. The van der Waals surface area contributed by atoms with Gasteiger partial charge in [0.2, 0.25) is 0 Å². The molecule has 1 atom stereocenters. The van der Waals surface area contributed by atoms with Gasteiger partial charge in [-0.15, -0.1) is 0 Å². The first-order chi connectivity index (χ1) is 9.56. The van der Waals surface area contributed by atoms with Gasteiger partial charge in [-0.05, 0) is 42.5 Å². The molecule has 1 saturated heterocycles. The number of nitrogens with zero attached hydrogens (tertiary/aromatic N) is 1. The van der Waals surface area contributed by atoms with Crippen LogP contribution in [0.1, 0.15) is 38.3 Å². The molecule has 4 heteroatoms. The lowest BCUT2D eigenvalue weighted by Crippen LogP contribution is -2.45. The van der Waals surface area contributed by atoms with Gasteiger partial charge in [0, 0.05) is 36.7 Å². The maximum absolute atomic E-state index is 13.7. The summed E-state index contributed by atoms with van der Waals surface area (Å²) in [4.78, 5) is 2.49. The number of halogens is 2. The van der Waals surface area contributed by atoms with E-state index in [2.05, 4.69) is 46.1 Å². The highest BCUT2D eigenvalue weighted by molar-refractivity contribution is 9.10. The van der Waals surface area contributed by atoms with Crippen LogP contribution in [0.4, 0.5) is 4.39 Å². The Morgan fingerprint density at radius 1 is 1.20 bits per heavy atom. The van der Waals surface area contributed by atoms with Crippen LogP contribution in [0.5, 0.6) is 0 Å². The molecule has 1 aromatic rings. The monoisotopic (exact) mass is 342 g/mol. The second-order valence-electron chi connectivity index (χ2n) is 5.98. The van der Waals surface area contributed by atoms with Crippen molar-refractivity contribution in [3.8, 4) is 0 Å². The normalized spacial score (nSPS) is 18.4. The Bertz CT molecular complexity index is 410. The van der Waals surface area contributed by atoms with Crippen molar-refractivity contribution in [1.29, 1.82) is 0 Å². The fraction of sp³-hybridized carbons (Fsp3) is 0.625. The molecule has 0 unspecified atom stereocenters. The Hall–Kier alpha value is -0.450. The van der Waals surface area contributed by atoms with Gasteiger partial charge in [-0.1, -0.05) is 29.8 Å². The van der Waals surface area contributed by atoms with Gasteiger partial charge in [-0.2, -0.15) is 0 Å². The fourth-order valence-electron chi connectivity index (χ4n) is 2.81. The molecule has 1 aliphatic rings. The van der Waals surface area contributed by atoms with Crippen molar-refractivity contribution in [2.75, 3.05) is 26.2 Å². The SMILES string of the molecule is CC(C)CC[C@H](c1cc(F)cc(Br)c1)N1CCNCC1. The second-order valence-corrected chi connectivity index (χ2v) is 6.89. The van der Waals surface area contributed by atoms with Gasteiger partial charge in [0.05, 0.1) is 0 Å². The average molecular weight is 343 g/mol. The zero-order chi connectivity index (χ0) is 14.5. The van der Waals surface area contributed by atoms with Gasteiger partial charge in [0.15, 0.2) is 0 Å². The maximum Gasteiger partial charge on any atom is 0.124 e. The Morgan fingerprint density at radius 3 is 2.50 bits per heavy atom. The summed E-state index contributed by atoms with van der Waals surface area (Å²) < 4.78 is 14.5. The summed E-state index contributed by atoms with van der Waals surface area (Å²) in [6.45, 7) is 8.61. The molecular formula is C16H24BrFN2. The van der Waals surface area contributed by atoms with Crippen molar-refractivity contribution < 1.29 is 4.39 Å². The largest absolute Gasteiger partial charge is 0.314 e. The van der Waals surface area contributed by atoms with Crippen LogP contribution in [0, 0.1) is 11.7 Å². The molecule has 1 heterocycles. The predicted octanol–water partition coefficient (Wildman–Crippen LogP) is 3.97. The molecule has 1 aliphatic heterocycles. The van der Waals surface area contributed by atoms with Gasteiger partial charge in [0.25, 0.3) is 0 Å². The summed E-state index contributed by atoms with van der Waals surface area (Å²) in [6.07, 6.45) is 2.26. The average Bonchev–Trinajstić information content (AvgIpc) is 2.38. The molecule has 0 amide bonds. The Morgan fingerprint density at radius 2 is 1.90 bits per heavy atom. The highest BCUT2D eigenvalue weighted by Crippen LogP contribution is 2.30. The van der Waals surface area contributed by atoms with Crippen LogP contribution in [0.25, 0.3) is 0 Å². The van der Waals surface area contributed by atoms with E-state index in [4.69, 9.17) is 0 Å². The Kier molecular flexibility index (Phi) is 6.00. The molecule has 20 heavy (non-hydrogen) atoms. The van der Waals surface area contributed by atoms with Crippen molar-refractivity contribution in [2.45, 2.75) is 32.7 Å². The van der Waals surface area contributed by atoms with Gasteiger partial charge in [-0.25, -0.2) is 4.39 Å². The molecule has 0 saturated carbocycles. The zero-order valence-electron chi connectivity index (χ0n) is 12.3. The van der Waals surface area contributed by atoms with E-state index in [1.54, 1.807) is 6.07 Å². The predicted molar refractivity (Wildman–Crippen MR) is 85.4 cm³/mol. The molecule has 0 spiro atoms. The number of piperazine rings is 1. The molecule has 1 N–H and O–H groups in total. The van der Waals surface area contributed by atoms with Crippen LogP contribution in [-0.4, -0.2) is 31.1 Å². The number of nitrogens with one attached hydrogen (secondary N) is 1. The van der Waals surface area contributed by atoms with E-state index >= 15 is 0 Å². The number of hydrogen-bond acceptors (Lipinski definition) is 2. The molecule has 0 radical (unpaired) electrons. The van der Waals surface area contributed by atoms with Crippen molar-refractivity contribution in [3.05, 3.63) is 34.1 Å². The first-order valence-corrected chi connectivity index (χ1v) is 8.26.